The van der Waals surface area contributed by atoms with E-state index in [4.69, 9.17) is 4.74 Å². The van der Waals surface area contributed by atoms with Crippen LogP contribution in [0.5, 0.6) is 5.75 Å². The monoisotopic (exact) mass is 269 g/mol. The van der Waals surface area contributed by atoms with Gasteiger partial charge < -0.3 is 10.1 Å². The number of hydrogen-bond donors (Lipinski definition) is 1. The van der Waals surface area contributed by atoms with Gasteiger partial charge in [0.05, 0.1) is 7.11 Å². The molecule has 106 valence electrons. The zero-order valence-electron chi connectivity index (χ0n) is 12.5. The van der Waals surface area contributed by atoms with Gasteiger partial charge in [-0.25, -0.2) is 0 Å². The van der Waals surface area contributed by atoms with E-state index in [-0.39, 0.29) is 0 Å². The first kappa shape index (κ1) is 14.6. The van der Waals surface area contributed by atoms with E-state index >= 15 is 0 Å². The highest BCUT2D eigenvalue weighted by Gasteiger charge is 2.17. The zero-order valence-corrected chi connectivity index (χ0v) is 12.5. The molecule has 0 radical (unpaired) electrons. The average Bonchev–Trinajstić information content (AvgIpc) is 2.53. The summed E-state index contributed by atoms with van der Waals surface area (Å²) in [5.41, 5.74) is 2.67. The molecular formula is C18H23NO. The highest BCUT2D eigenvalue weighted by molar-refractivity contribution is 5.30. The number of rotatable bonds is 6. The van der Waals surface area contributed by atoms with Crippen LogP contribution < -0.4 is 10.1 Å². The van der Waals surface area contributed by atoms with Crippen molar-refractivity contribution in [1.82, 2.24) is 5.32 Å². The number of benzene rings is 2. The topological polar surface area (TPSA) is 21.3 Å². The summed E-state index contributed by atoms with van der Waals surface area (Å²) in [4.78, 5) is 0. The maximum atomic E-state index is 5.29. The van der Waals surface area contributed by atoms with Crippen molar-refractivity contribution in [2.24, 2.45) is 0 Å². The molecule has 0 aliphatic rings. The predicted octanol–water partition coefficient (Wildman–Crippen LogP) is 3.63. The number of likely N-dealkylation sites (N-methyl/N-ethyl adjacent to an activating group) is 1. The third-order valence-corrected chi connectivity index (χ3v) is 3.89. The van der Waals surface area contributed by atoms with Crippen LogP contribution in [-0.4, -0.2) is 20.2 Å². The Bertz CT molecular complexity index is 524. The molecule has 0 saturated carbocycles. The molecule has 0 aliphatic carbocycles. The normalized spacial score (nSPS) is 13.8. The first-order valence-corrected chi connectivity index (χ1v) is 7.09. The van der Waals surface area contributed by atoms with Crippen LogP contribution in [0.1, 0.15) is 24.0 Å². The van der Waals surface area contributed by atoms with Gasteiger partial charge in [0.15, 0.2) is 0 Å². The first-order chi connectivity index (χ1) is 9.74. The minimum Gasteiger partial charge on any atom is -0.497 e. The molecule has 2 aromatic carbocycles. The Kier molecular flexibility index (Phi) is 5.19. The Balaban J connectivity index is 2.12. The molecule has 0 spiro atoms. The molecule has 0 aliphatic heterocycles. The van der Waals surface area contributed by atoms with Crippen molar-refractivity contribution in [2.45, 2.75) is 25.3 Å². The maximum Gasteiger partial charge on any atom is 0.119 e. The quantitative estimate of drug-likeness (QED) is 0.864. The Morgan fingerprint density at radius 2 is 1.80 bits per heavy atom. The van der Waals surface area contributed by atoms with Crippen LogP contribution in [0.25, 0.3) is 0 Å². The number of hydrogen-bond acceptors (Lipinski definition) is 2. The second-order valence-corrected chi connectivity index (χ2v) is 5.15. The first-order valence-electron chi connectivity index (χ1n) is 7.09. The second-order valence-electron chi connectivity index (χ2n) is 5.15. The van der Waals surface area contributed by atoms with Gasteiger partial charge in [-0.3, -0.25) is 0 Å². The Morgan fingerprint density at radius 1 is 1.05 bits per heavy atom. The number of nitrogens with one attached hydrogen (secondary N) is 1. The molecule has 0 aromatic heterocycles. The van der Waals surface area contributed by atoms with Crippen LogP contribution in [0.4, 0.5) is 0 Å². The minimum absolute atomic E-state index is 0.407. The smallest absolute Gasteiger partial charge is 0.119 e. The lowest BCUT2D eigenvalue weighted by Crippen LogP contribution is -2.32. The standard InChI is InChI=1S/C18H23NO/c1-14(16-9-5-4-6-10-16)18(19-2)13-15-8-7-11-17(12-15)20-3/h4-12,14,18-19H,13H2,1-3H3. The van der Waals surface area contributed by atoms with E-state index in [0.717, 1.165) is 12.2 Å². The van der Waals surface area contributed by atoms with Gasteiger partial charge in [-0.05, 0) is 42.6 Å². The van der Waals surface area contributed by atoms with Crippen LogP contribution in [0, 0.1) is 0 Å². The summed E-state index contributed by atoms with van der Waals surface area (Å²) in [6.07, 6.45) is 0.990. The maximum absolute atomic E-state index is 5.29. The van der Waals surface area contributed by atoms with Gasteiger partial charge in [-0.15, -0.1) is 0 Å². The van der Waals surface area contributed by atoms with Crippen molar-refractivity contribution in [1.29, 1.82) is 0 Å². The van der Waals surface area contributed by atoms with Crippen LogP contribution in [-0.2, 0) is 6.42 Å². The molecule has 0 amide bonds. The van der Waals surface area contributed by atoms with Crippen molar-refractivity contribution in [3.05, 3.63) is 65.7 Å². The van der Waals surface area contributed by atoms with Gasteiger partial charge >= 0.3 is 0 Å². The zero-order chi connectivity index (χ0) is 14.4. The van der Waals surface area contributed by atoms with Crippen LogP contribution in [0.3, 0.4) is 0 Å². The molecule has 0 heterocycles. The SMILES string of the molecule is CNC(Cc1cccc(OC)c1)C(C)c1ccccc1. The summed E-state index contributed by atoms with van der Waals surface area (Å²) < 4.78 is 5.29. The minimum atomic E-state index is 0.407. The molecular weight excluding hydrogens is 246 g/mol. The van der Waals surface area contributed by atoms with Gasteiger partial charge in [0, 0.05) is 6.04 Å². The molecule has 20 heavy (non-hydrogen) atoms. The van der Waals surface area contributed by atoms with Gasteiger partial charge in [-0.1, -0.05) is 49.4 Å². The Labute approximate surface area is 121 Å². The average molecular weight is 269 g/mol. The summed E-state index contributed by atoms with van der Waals surface area (Å²) in [6, 6.07) is 19.4. The van der Waals surface area contributed by atoms with E-state index in [1.54, 1.807) is 7.11 Å². The fourth-order valence-corrected chi connectivity index (χ4v) is 2.57. The largest absolute Gasteiger partial charge is 0.497 e. The highest BCUT2D eigenvalue weighted by Crippen LogP contribution is 2.23. The van der Waals surface area contributed by atoms with Gasteiger partial charge in [0.2, 0.25) is 0 Å². The molecule has 1 N–H and O–H groups in total. The fourth-order valence-electron chi connectivity index (χ4n) is 2.57. The number of methoxy groups -OCH3 is 1. The van der Waals surface area contributed by atoms with E-state index in [1.165, 1.54) is 11.1 Å². The molecule has 2 nitrogen and oxygen atoms in total. The van der Waals surface area contributed by atoms with E-state index in [9.17, 15) is 0 Å². The Hall–Kier alpha value is -1.80. The van der Waals surface area contributed by atoms with E-state index in [0.29, 0.717) is 12.0 Å². The third kappa shape index (κ3) is 3.61. The van der Waals surface area contributed by atoms with E-state index < -0.39 is 0 Å². The van der Waals surface area contributed by atoms with E-state index in [2.05, 4.69) is 54.7 Å². The molecule has 2 atom stereocenters. The summed E-state index contributed by atoms with van der Waals surface area (Å²) in [7, 11) is 3.74. The summed E-state index contributed by atoms with van der Waals surface area (Å²) in [6.45, 7) is 2.27. The van der Waals surface area contributed by atoms with Crippen molar-refractivity contribution >= 4 is 0 Å². The molecule has 0 bridgehead atoms. The number of ether oxygens (including phenoxy) is 1. The molecule has 2 aromatic rings. The molecule has 0 saturated heterocycles. The van der Waals surface area contributed by atoms with Gasteiger partial charge in [-0.2, -0.15) is 0 Å². The lowest BCUT2D eigenvalue weighted by molar-refractivity contribution is 0.413. The van der Waals surface area contributed by atoms with Crippen molar-refractivity contribution in [3.8, 4) is 5.75 Å². The fraction of sp³-hybridized carbons (Fsp3) is 0.333. The van der Waals surface area contributed by atoms with Crippen LogP contribution >= 0.6 is 0 Å². The highest BCUT2D eigenvalue weighted by atomic mass is 16.5. The van der Waals surface area contributed by atoms with Crippen LogP contribution in [0.15, 0.2) is 54.6 Å². The summed E-state index contributed by atoms with van der Waals surface area (Å²) >= 11 is 0. The molecule has 0 fully saturated rings. The molecule has 2 rings (SSSR count). The van der Waals surface area contributed by atoms with Crippen molar-refractivity contribution < 1.29 is 4.74 Å². The van der Waals surface area contributed by atoms with Crippen molar-refractivity contribution in [2.75, 3.05) is 14.2 Å². The molecule has 2 unspecified atom stereocenters. The van der Waals surface area contributed by atoms with Gasteiger partial charge in [0.1, 0.15) is 5.75 Å². The predicted molar refractivity (Wildman–Crippen MR) is 84.4 cm³/mol. The lowest BCUT2D eigenvalue weighted by Gasteiger charge is -2.24. The summed E-state index contributed by atoms with van der Waals surface area (Å²) in [5, 5.41) is 3.45. The van der Waals surface area contributed by atoms with Crippen LogP contribution in [0.2, 0.25) is 0 Å². The van der Waals surface area contributed by atoms with Gasteiger partial charge in [0.25, 0.3) is 0 Å². The second kappa shape index (κ2) is 7.11. The van der Waals surface area contributed by atoms with E-state index in [1.807, 2.05) is 19.2 Å². The third-order valence-electron chi connectivity index (χ3n) is 3.89. The Morgan fingerprint density at radius 3 is 2.45 bits per heavy atom. The van der Waals surface area contributed by atoms with Crippen molar-refractivity contribution in [3.63, 3.8) is 0 Å². The lowest BCUT2D eigenvalue weighted by atomic mass is 9.89. The molecule has 2 heteroatoms. The summed E-state index contributed by atoms with van der Waals surface area (Å²) in [5.74, 6) is 1.39.